The van der Waals surface area contributed by atoms with Crippen molar-refractivity contribution in [2.75, 3.05) is 0 Å². The summed E-state index contributed by atoms with van der Waals surface area (Å²) < 4.78 is 11.7. The Morgan fingerprint density at radius 2 is 1.77 bits per heavy atom. The minimum Gasteiger partial charge on any atom is -0.422 e. The standard InChI is InChI=1S/C25H13ClN2O6S/c26-21-17-6-2-4-8-20(17)35-22(21)25(30)33-19-7-3-1-5-15(19)13-18-24(29)34-23(27-18)14-9-11-16(12-10-14)28(31)32/h1-13H/b18-13+. The molecule has 3 aromatic carbocycles. The van der Waals surface area contributed by atoms with Crippen LogP contribution >= 0.6 is 22.9 Å². The van der Waals surface area contributed by atoms with Crippen LogP contribution in [0.2, 0.25) is 5.02 Å². The van der Waals surface area contributed by atoms with E-state index in [0.717, 1.165) is 10.1 Å². The van der Waals surface area contributed by atoms with Gasteiger partial charge in [0.05, 0.1) is 9.95 Å². The first-order valence-electron chi connectivity index (χ1n) is 10.2. The van der Waals surface area contributed by atoms with Crippen LogP contribution in [-0.4, -0.2) is 22.8 Å². The fourth-order valence-corrected chi connectivity index (χ4v) is 4.77. The molecule has 0 saturated carbocycles. The first-order valence-corrected chi connectivity index (χ1v) is 11.4. The van der Waals surface area contributed by atoms with Crippen molar-refractivity contribution < 1.29 is 24.0 Å². The van der Waals surface area contributed by atoms with Gasteiger partial charge in [-0.25, -0.2) is 14.6 Å². The zero-order chi connectivity index (χ0) is 24.5. The van der Waals surface area contributed by atoms with Crippen molar-refractivity contribution in [3.8, 4) is 5.75 Å². The summed E-state index contributed by atoms with van der Waals surface area (Å²) in [6.07, 6.45) is 1.44. The minimum absolute atomic E-state index is 0.0123. The Morgan fingerprint density at radius 3 is 2.51 bits per heavy atom. The van der Waals surface area contributed by atoms with Crippen LogP contribution in [0, 0.1) is 10.1 Å². The number of hydrogen-bond acceptors (Lipinski definition) is 8. The number of carbonyl (C=O) groups excluding carboxylic acids is 2. The molecule has 0 unspecified atom stereocenters. The number of nitro benzene ring substituents is 1. The van der Waals surface area contributed by atoms with Crippen LogP contribution in [-0.2, 0) is 9.53 Å². The first kappa shape index (κ1) is 22.5. The lowest BCUT2D eigenvalue weighted by atomic mass is 10.1. The molecule has 0 atom stereocenters. The van der Waals surface area contributed by atoms with Gasteiger partial charge in [-0.3, -0.25) is 10.1 Å². The number of nitro groups is 1. The molecule has 0 fully saturated rings. The van der Waals surface area contributed by atoms with Crippen LogP contribution in [0.5, 0.6) is 5.75 Å². The lowest BCUT2D eigenvalue weighted by Crippen LogP contribution is -2.08. The Morgan fingerprint density at radius 1 is 1.06 bits per heavy atom. The number of non-ortho nitro benzene ring substituents is 1. The van der Waals surface area contributed by atoms with Crippen molar-refractivity contribution in [2.24, 2.45) is 4.99 Å². The smallest absolute Gasteiger partial charge is 0.363 e. The molecule has 0 N–H and O–H groups in total. The van der Waals surface area contributed by atoms with E-state index in [1.165, 1.54) is 41.7 Å². The van der Waals surface area contributed by atoms with Crippen LogP contribution in [0.1, 0.15) is 20.8 Å². The summed E-state index contributed by atoms with van der Waals surface area (Å²) in [6.45, 7) is 0. The molecule has 0 bridgehead atoms. The van der Waals surface area contributed by atoms with E-state index in [0.29, 0.717) is 16.1 Å². The molecule has 0 amide bonds. The molecule has 0 saturated heterocycles. The van der Waals surface area contributed by atoms with Gasteiger partial charge in [-0.1, -0.05) is 48.0 Å². The highest BCUT2D eigenvalue weighted by molar-refractivity contribution is 7.21. The number of benzene rings is 3. The van der Waals surface area contributed by atoms with E-state index in [1.54, 1.807) is 24.3 Å². The highest BCUT2D eigenvalue weighted by atomic mass is 35.5. The number of nitrogens with zero attached hydrogens (tertiary/aromatic N) is 2. The SMILES string of the molecule is O=C1OC(c2ccc([N+](=O)[O-])cc2)=N/C1=C/c1ccccc1OC(=O)c1sc2ccccc2c1Cl. The quantitative estimate of drug-likeness (QED) is 0.108. The third-order valence-electron chi connectivity index (χ3n) is 5.08. The van der Waals surface area contributed by atoms with Crippen LogP contribution < -0.4 is 4.74 Å². The number of thiophene rings is 1. The number of rotatable bonds is 5. The van der Waals surface area contributed by atoms with Crippen molar-refractivity contribution in [3.05, 3.63) is 110 Å². The Hall–Kier alpha value is -4.34. The lowest BCUT2D eigenvalue weighted by Gasteiger charge is -2.07. The first-order chi connectivity index (χ1) is 16.9. The lowest BCUT2D eigenvalue weighted by molar-refractivity contribution is -0.384. The predicted molar refractivity (Wildman–Crippen MR) is 132 cm³/mol. The van der Waals surface area contributed by atoms with Crippen LogP contribution in [0.4, 0.5) is 5.69 Å². The second kappa shape index (κ2) is 9.13. The third kappa shape index (κ3) is 4.42. The Bertz CT molecular complexity index is 1570. The average Bonchev–Trinajstić information content (AvgIpc) is 3.40. The molecule has 4 aromatic rings. The van der Waals surface area contributed by atoms with Gasteiger partial charge in [0.25, 0.3) is 5.69 Å². The number of para-hydroxylation sites is 1. The molecule has 1 aromatic heterocycles. The number of hydrogen-bond donors (Lipinski definition) is 0. The average molecular weight is 505 g/mol. The number of halogens is 1. The van der Waals surface area contributed by atoms with Gasteiger partial charge in [0.2, 0.25) is 5.90 Å². The van der Waals surface area contributed by atoms with Gasteiger partial charge in [-0.05, 0) is 30.3 Å². The molecule has 0 aliphatic carbocycles. The Kier molecular flexibility index (Phi) is 5.86. The van der Waals surface area contributed by atoms with Gasteiger partial charge in [-0.15, -0.1) is 11.3 Å². The van der Waals surface area contributed by atoms with E-state index in [1.807, 2.05) is 24.3 Å². The van der Waals surface area contributed by atoms with Gasteiger partial charge >= 0.3 is 11.9 Å². The van der Waals surface area contributed by atoms with E-state index in [9.17, 15) is 19.7 Å². The normalized spacial score (nSPS) is 14.1. The predicted octanol–water partition coefficient (Wildman–Crippen LogP) is 6.03. The van der Waals surface area contributed by atoms with Gasteiger partial charge in [0.1, 0.15) is 10.6 Å². The van der Waals surface area contributed by atoms with E-state index in [4.69, 9.17) is 21.1 Å². The van der Waals surface area contributed by atoms with Crippen LogP contribution in [0.15, 0.2) is 83.5 Å². The minimum atomic E-state index is -0.702. The molecule has 1 aliphatic heterocycles. The molecule has 0 spiro atoms. The van der Waals surface area contributed by atoms with Crippen LogP contribution in [0.25, 0.3) is 16.2 Å². The zero-order valence-corrected chi connectivity index (χ0v) is 19.2. The van der Waals surface area contributed by atoms with Gasteiger partial charge < -0.3 is 9.47 Å². The van der Waals surface area contributed by atoms with Crippen molar-refractivity contribution >= 4 is 62.6 Å². The summed E-state index contributed by atoms with van der Waals surface area (Å²) in [5.41, 5.74) is 0.732. The number of esters is 2. The maximum atomic E-state index is 12.9. The molecule has 10 heteroatoms. The van der Waals surface area contributed by atoms with Gasteiger partial charge in [0.15, 0.2) is 5.70 Å². The molecule has 172 valence electrons. The fraction of sp³-hybridized carbons (Fsp3) is 0. The molecule has 35 heavy (non-hydrogen) atoms. The van der Waals surface area contributed by atoms with Crippen molar-refractivity contribution in [2.45, 2.75) is 0 Å². The topological polar surface area (TPSA) is 108 Å². The highest BCUT2D eigenvalue weighted by Crippen LogP contribution is 2.36. The maximum Gasteiger partial charge on any atom is 0.363 e. The Labute approximate surface area is 206 Å². The van der Waals surface area contributed by atoms with E-state index in [-0.39, 0.29) is 27.9 Å². The molecule has 1 aliphatic rings. The molecule has 0 radical (unpaired) electrons. The summed E-state index contributed by atoms with van der Waals surface area (Å²) in [7, 11) is 0. The fourth-order valence-electron chi connectivity index (χ4n) is 3.39. The zero-order valence-electron chi connectivity index (χ0n) is 17.6. The van der Waals surface area contributed by atoms with Gasteiger partial charge in [0, 0.05) is 33.3 Å². The molecule has 8 nitrogen and oxygen atoms in total. The summed E-state index contributed by atoms with van der Waals surface area (Å²) in [4.78, 5) is 40.1. The second-order valence-electron chi connectivity index (χ2n) is 7.31. The van der Waals surface area contributed by atoms with E-state index >= 15 is 0 Å². The van der Waals surface area contributed by atoms with E-state index in [2.05, 4.69) is 4.99 Å². The maximum absolute atomic E-state index is 12.9. The number of fused-ring (bicyclic) bond motifs is 1. The number of ether oxygens (including phenoxy) is 2. The van der Waals surface area contributed by atoms with Gasteiger partial charge in [-0.2, -0.15) is 0 Å². The summed E-state index contributed by atoms with van der Waals surface area (Å²) in [6, 6.07) is 19.5. The monoisotopic (exact) mass is 504 g/mol. The molecular formula is C25H13ClN2O6S. The van der Waals surface area contributed by atoms with Crippen LogP contribution in [0.3, 0.4) is 0 Å². The van der Waals surface area contributed by atoms with Crippen molar-refractivity contribution in [3.63, 3.8) is 0 Å². The number of aliphatic imine (C=N–C) groups is 1. The number of cyclic esters (lactones) is 1. The largest absolute Gasteiger partial charge is 0.422 e. The highest BCUT2D eigenvalue weighted by Gasteiger charge is 2.26. The molecule has 5 rings (SSSR count). The molecule has 2 heterocycles. The summed E-state index contributed by atoms with van der Waals surface area (Å²) >= 11 is 7.63. The van der Waals surface area contributed by atoms with E-state index < -0.39 is 16.9 Å². The third-order valence-corrected chi connectivity index (χ3v) is 6.74. The summed E-state index contributed by atoms with van der Waals surface area (Å²) in [5, 5.41) is 11.9. The second-order valence-corrected chi connectivity index (χ2v) is 8.74. The molecular weight excluding hydrogens is 492 g/mol. The number of carbonyl (C=O) groups is 2. The van der Waals surface area contributed by atoms with Crippen molar-refractivity contribution in [1.29, 1.82) is 0 Å². The summed E-state index contributed by atoms with van der Waals surface area (Å²) in [5.74, 6) is -1.09. The van der Waals surface area contributed by atoms with Crippen molar-refractivity contribution in [1.82, 2.24) is 0 Å². The Balaban J connectivity index is 1.43.